The summed E-state index contributed by atoms with van der Waals surface area (Å²) in [5, 5.41) is 3.55. The summed E-state index contributed by atoms with van der Waals surface area (Å²) < 4.78 is 2.37. The number of rotatable bonds is 4. The maximum Gasteiger partial charge on any atom is 0.0639 e. The predicted octanol–water partition coefficient (Wildman–Crippen LogP) is 8.78. The van der Waals surface area contributed by atoms with Crippen molar-refractivity contribution in [2.24, 2.45) is 0 Å². The average molecular weight is 626 g/mol. The van der Waals surface area contributed by atoms with Gasteiger partial charge in [0.05, 0.1) is 11.3 Å². The van der Waals surface area contributed by atoms with Crippen molar-refractivity contribution in [3.8, 4) is 11.3 Å². The van der Waals surface area contributed by atoms with Crippen molar-refractivity contribution >= 4 is 27.3 Å². The standard InChI is InChI=1S/C31H33N2.Ir/c1-18(2)22-15-25(19(3)4)30(26(16-22)20(5)6)29-17-32-31-24-11-9-8-10-23(24)27-14-21(7)12-13-28(27)33(29)31;/h8-10,12-20H,1-7H3;/q-1;. The van der Waals surface area contributed by atoms with Crippen molar-refractivity contribution in [3.63, 3.8) is 0 Å². The van der Waals surface area contributed by atoms with Crippen LogP contribution in [0.5, 0.6) is 0 Å². The Hall–Kier alpha value is -2.48. The van der Waals surface area contributed by atoms with Crippen molar-refractivity contribution in [1.29, 1.82) is 0 Å². The molecular weight excluding hydrogens is 593 g/mol. The van der Waals surface area contributed by atoms with E-state index in [0.29, 0.717) is 17.8 Å². The largest absolute Gasteiger partial charge is 0.333 e. The molecule has 2 aromatic heterocycles. The van der Waals surface area contributed by atoms with Gasteiger partial charge in [-0.15, -0.1) is 29.7 Å². The zero-order valence-corrected chi connectivity index (χ0v) is 23.6. The van der Waals surface area contributed by atoms with E-state index in [-0.39, 0.29) is 20.1 Å². The summed E-state index contributed by atoms with van der Waals surface area (Å²) >= 11 is 0. The maximum absolute atomic E-state index is 4.99. The number of hydrogen-bond acceptors (Lipinski definition) is 1. The third kappa shape index (κ3) is 3.89. The molecule has 0 spiro atoms. The summed E-state index contributed by atoms with van der Waals surface area (Å²) in [5.74, 6) is 1.34. The Balaban J connectivity index is 0.00000274. The van der Waals surface area contributed by atoms with E-state index in [0.717, 1.165) is 11.0 Å². The molecule has 1 radical (unpaired) electrons. The van der Waals surface area contributed by atoms with Gasteiger partial charge >= 0.3 is 0 Å². The van der Waals surface area contributed by atoms with Crippen molar-refractivity contribution < 1.29 is 20.1 Å². The van der Waals surface area contributed by atoms with E-state index in [4.69, 9.17) is 4.98 Å². The Bertz CT molecular complexity index is 1480. The molecule has 2 nitrogen and oxygen atoms in total. The number of pyridine rings is 1. The van der Waals surface area contributed by atoms with Crippen LogP contribution in [0.25, 0.3) is 38.6 Å². The molecular formula is C31H33IrN2-. The van der Waals surface area contributed by atoms with E-state index in [2.05, 4.69) is 108 Å². The van der Waals surface area contributed by atoms with Gasteiger partial charge in [-0.25, -0.2) is 0 Å². The fourth-order valence-electron chi connectivity index (χ4n) is 5.11. The average Bonchev–Trinajstić information content (AvgIpc) is 3.23. The summed E-state index contributed by atoms with van der Waals surface area (Å²) in [4.78, 5) is 4.99. The van der Waals surface area contributed by atoms with Gasteiger partial charge in [0.25, 0.3) is 0 Å². The fraction of sp³-hybridized carbons (Fsp3) is 0.323. The topological polar surface area (TPSA) is 17.3 Å². The minimum Gasteiger partial charge on any atom is -0.333 e. The van der Waals surface area contributed by atoms with Gasteiger partial charge in [0.2, 0.25) is 0 Å². The molecule has 0 aliphatic heterocycles. The van der Waals surface area contributed by atoms with E-state index in [1.807, 2.05) is 6.07 Å². The minimum atomic E-state index is 0. The second-order valence-electron chi connectivity index (χ2n) is 10.3. The molecule has 0 aliphatic rings. The number of aromatic nitrogens is 2. The summed E-state index contributed by atoms with van der Waals surface area (Å²) in [6, 6.07) is 21.4. The molecule has 0 amide bonds. The van der Waals surface area contributed by atoms with Crippen LogP contribution in [0.3, 0.4) is 0 Å². The van der Waals surface area contributed by atoms with Crippen LogP contribution >= 0.6 is 0 Å². The van der Waals surface area contributed by atoms with Crippen LogP contribution in [0.4, 0.5) is 0 Å². The summed E-state index contributed by atoms with van der Waals surface area (Å²) in [6.45, 7) is 16.0. The quantitative estimate of drug-likeness (QED) is 0.144. The first kappa shape index (κ1) is 24.6. The Labute approximate surface area is 216 Å². The number of hydrogen-bond donors (Lipinski definition) is 0. The normalized spacial score (nSPS) is 11.9. The zero-order valence-electron chi connectivity index (χ0n) is 21.2. The molecule has 177 valence electrons. The molecule has 0 aliphatic carbocycles. The van der Waals surface area contributed by atoms with Gasteiger partial charge in [0.1, 0.15) is 0 Å². The van der Waals surface area contributed by atoms with E-state index in [1.165, 1.54) is 49.8 Å². The van der Waals surface area contributed by atoms with E-state index in [1.54, 1.807) is 0 Å². The van der Waals surface area contributed by atoms with Crippen molar-refractivity contribution in [2.75, 3.05) is 0 Å². The second-order valence-corrected chi connectivity index (χ2v) is 10.3. The molecule has 0 N–H and O–H groups in total. The Morgan fingerprint density at radius 3 is 2.12 bits per heavy atom. The third-order valence-corrected chi connectivity index (χ3v) is 6.91. The summed E-state index contributed by atoms with van der Waals surface area (Å²) in [5.41, 5.74) is 10.2. The van der Waals surface area contributed by atoms with Crippen LogP contribution in [0.1, 0.15) is 81.5 Å². The molecule has 34 heavy (non-hydrogen) atoms. The Morgan fingerprint density at radius 2 is 1.50 bits per heavy atom. The number of imidazole rings is 1. The van der Waals surface area contributed by atoms with E-state index in [9.17, 15) is 0 Å². The monoisotopic (exact) mass is 626 g/mol. The Morgan fingerprint density at radius 1 is 0.824 bits per heavy atom. The van der Waals surface area contributed by atoms with Gasteiger partial charge < -0.3 is 4.40 Å². The molecule has 0 bridgehead atoms. The molecule has 2 heterocycles. The summed E-state index contributed by atoms with van der Waals surface area (Å²) in [6.07, 6.45) is 2.08. The van der Waals surface area contributed by atoms with Crippen molar-refractivity contribution in [3.05, 3.63) is 83.0 Å². The molecule has 0 unspecified atom stereocenters. The first-order valence-corrected chi connectivity index (χ1v) is 12.2. The number of benzene rings is 3. The van der Waals surface area contributed by atoms with Crippen LogP contribution in [-0.2, 0) is 20.1 Å². The molecule has 3 aromatic carbocycles. The molecule has 0 fully saturated rings. The van der Waals surface area contributed by atoms with Gasteiger partial charge in [0.15, 0.2) is 0 Å². The molecule has 0 saturated heterocycles. The smallest absolute Gasteiger partial charge is 0.0639 e. The van der Waals surface area contributed by atoms with E-state index < -0.39 is 0 Å². The second kappa shape index (κ2) is 9.28. The number of fused-ring (bicyclic) bond motifs is 6. The van der Waals surface area contributed by atoms with E-state index >= 15 is 0 Å². The van der Waals surface area contributed by atoms with Gasteiger partial charge in [-0.05, 0) is 52.8 Å². The van der Waals surface area contributed by atoms with Gasteiger partial charge in [-0.3, -0.25) is 4.98 Å². The molecule has 5 aromatic rings. The molecule has 3 heteroatoms. The van der Waals surface area contributed by atoms with Crippen LogP contribution in [0.2, 0.25) is 0 Å². The van der Waals surface area contributed by atoms with Gasteiger partial charge in [-0.1, -0.05) is 76.8 Å². The Kier molecular flexibility index (Phi) is 6.73. The third-order valence-electron chi connectivity index (χ3n) is 6.91. The first-order valence-electron chi connectivity index (χ1n) is 12.2. The minimum absolute atomic E-state index is 0. The maximum atomic E-state index is 4.99. The number of nitrogens with zero attached hydrogens (tertiary/aromatic N) is 2. The van der Waals surface area contributed by atoms with Crippen molar-refractivity contribution in [2.45, 2.75) is 66.2 Å². The molecule has 0 atom stereocenters. The van der Waals surface area contributed by atoms with Crippen LogP contribution in [0, 0.1) is 13.0 Å². The predicted molar refractivity (Wildman–Crippen MR) is 141 cm³/mol. The molecule has 5 rings (SSSR count). The zero-order chi connectivity index (χ0) is 23.4. The summed E-state index contributed by atoms with van der Waals surface area (Å²) in [7, 11) is 0. The molecule has 0 saturated carbocycles. The number of aryl methyl sites for hydroxylation is 1. The van der Waals surface area contributed by atoms with Gasteiger partial charge in [0, 0.05) is 37.4 Å². The SMILES string of the molecule is Cc1ccc2c(c1)c1ccc[c-]c1c1ncc(-c3c(C(C)C)cc(C(C)C)cc3C(C)C)n21.[Ir]. The fourth-order valence-corrected chi connectivity index (χ4v) is 5.11. The van der Waals surface area contributed by atoms with Crippen LogP contribution in [-0.4, -0.2) is 9.38 Å². The van der Waals surface area contributed by atoms with Gasteiger partial charge in [-0.2, -0.15) is 0 Å². The van der Waals surface area contributed by atoms with Crippen molar-refractivity contribution in [1.82, 2.24) is 9.38 Å². The van der Waals surface area contributed by atoms with Crippen LogP contribution < -0.4 is 0 Å². The first-order chi connectivity index (χ1) is 15.8. The van der Waals surface area contributed by atoms with Crippen LogP contribution in [0.15, 0.2) is 54.7 Å².